The highest BCUT2D eigenvalue weighted by molar-refractivity contribution is 6.51. The molecule has 1 aliphatic rings. The lowest BCUT2D eigenvalue weighted by atomic mass is 9.95. The van der Waals surface area contributed by atoms with Crippen LogP contribution in [0.25, 0.3) is 5.76 Å². The number of carbonyl (C=O) groups is 2. The van der Waals surface area contributed by atoms with Crippen LogP contribution in [-0.2, 0) is 9.59 Å². The van der Waals surface area contributed by atoms with Crippen molar-refractivity contribution in [3.05, 3.63) is 95.1 Å². The highest BCUT2D eigenvalue weighted by Crippen LogP contribution is 2.43. The zero-order chi connectivity index (χ0) is 22.8. The molecule has 1 saturated heterocycles. The first kappa shape index (κ1) is 21.2. The number of carbonyl (C=O) groups excluding carboxylic acids is 2. The molecular weight excluding hydrogens is 406 g/mol. The van der Waals surface area contributed by atoms with Gasteiger partial charge in [-0.3, -0.25) is 14.5 Å². The monoisotopic (exact) mass is 429 g/mol. The van der Waals surface area contributed by atoms with Gasteiger partial charge in [0.15, 0.2) is 0 Å². The lowest BCUT2D eigenvalue weighted by Crippen LogP contribution is -2.29. The summed E-state index contributed by atoms with van der Waals surface area (Å²) in [5, 5.41) is 21.2. The van der Waals surface area contributed by atoms with E-state index >= 15 is 0 Å². The second kappa shape index (κ2) is 8.59. The van der Waals surface area contributed by atoms with Gasteiger partial charge < -0.3 is 14.9 Å². The van der Waals surface area contributed by atoms with Gasteiger partial charge in [-0.2, -0.15) is 0 Å². The summed E-state index contributed by atoms with van der Waals surface area (Å²) in [5.41, 5.74) is 2.28. The molecule has 3 aromatic carbocycles. The third-order valence-corrected chi connectivity index (χ3v) is 5.33. The van der Waals surface area contributed by atoms with Crippen molar-refractivity contribution in [1.82, 2.24) is 0 Å². The molecule has 32 heavy (non-hydrogen) atoms. The average Bonchev–Trinajstić information content (AvgIpc) is 3.04. The molecule has 4 rings (SSSR count). The van der Waals surface area contributed by atoms with Gasteiger partial charge in [-0.15, -0.1) is 0 Å². The molecule has 1 unspecified atom stereocenters. The fourth-order valence-electron chi connectivity index (χ4n) is 3.94. The van der Waals surface area contributed by atoms with Gasteiger partial charge in [-0.05, 0) is 61.4 Å². The molecule has 6 nitrogen and oxygen atoms in total. The number of Topliss-reactive ketones (excluding diaryl/α,β-unsaturated/α-hetero) is 1. The maximum atomic E-state index is 13.2. The van der Waals surface area contributed by atoms with Crippen LogP contribution in [0.2, 0.25) is 0 Å². The molecule has 162 valence electrons. The van der Waals surface area contributed by atoms with Crippen molar-refractivity contribution in [2.45, 2.75) is 19.9 Å². The van der Waals surface area contributed by atoms with E-state index in [0.717, 1.165) is 5.56 Å². The Kier molecular flexibility index (Phi) is 5.69. The fourth-order valence-corrected chi connectivity index (χ4v) is 3.94. The number of rotatable bonds is 5. The minimum absolute atomic E-state index is 0.00401. The quantitative estimate of drug-likeness (QED) is 0.348. The van der Waals surface area contributed by atoms with Crippen molar-refractivity contribution in [3.63, 3.8) is 0 Å². The molecular formula is C26H23NO5. The molecule has 1 atom stereocenters. The Balaban J connectivity index is 1.94. The average molecular weight is 429 g/mol. The summed E-state index contributed by atoms with van der Waals surface area (Å²) in [6.45, 7) is 4.19. The zero-order valence-electron chi connectivity index (χ0n) is 17.8. The summed E-state index contributed by atoms with van der Waals surface area (Å²) in [7, 11) is 0. The minimum atomic E-state index is -0.903. The van der Waals surface area contributed by atoms with E-state index in [1.165, 1.54) is 17.0 Å². The molecule has 2 N–H and O–H groups in total. The first-order valence-electron chi connectivity index (χ1n) is 10.3. The first-order chi connectivity index (χ1) is 15.4. The summed E-state index contributed by atoms with van der Waals surface area (Å²) in [6.07, 6.45) is 0. The SMILES string of the molecule is CCOc1cccc(/C(O)=C2\C(=O)C(=O)N(c3cccc(C)c3)C2c2cccc(O)c2)c1. The number of aliphatic hydroxyl groups is 1. The highest BCUT2D eigenvalue weighted by Gasteiger charge is 2.47. The van der Waals surface area contributed by atoms with E-state index in [-0.39, 0.29) is 17.1 Å². The van der Waals surface area contributed by atoms with Gasteiger partial charge >= 0.3 is 0 Å². The first-order valence-corrected chi connectivity index (χ1v) is 10.3. The van der Waals surface area contributed by atoms with Gasteiger partial charge in [0.2, 0.25) is 0 Å². The van der Waals surface area contributed by atoms with Gasteiger partial charge in [0, 0.05) is 11.3 Å². The second-order valence-electron chi connectivity index (χ2n) is 7.56. The number of aliphatic hydroxyl groups excluding tert-OH is 1. The predicted octanol–water partition coefficient (Wildman–Crippen LogP) is 4.73. The van der Waals surface area contributed by atoms with Crippen LogP contribution in [0.1, 0.15) is 29.7 Å². The lowest BCUT2D eigenvalue weighted by Gasteiger charge is -2.25. The molecule has 1 aliphatic heterocycles. The van der Waals surface area contributed by atoms with Crippen molar-refractivity contribution in [1.29, 1.82) is 0 Å². The number of ketones is 1. The van der Waals surface area contributed by atoms with Gasteiger partial charge in [0.05, 0.1) is 18.2 Å². The van der Waals surface area contributed by atoms with Crippen LogP contribution in [-0.4, -0.2) is 28.5 Å². The lowest BCUT2D eigenvalue weighted by molar-refractivity contribution is -0.132. The number of aromatic hydroxyl groups is 1. The molecule has 0 radical (unpaired) electrons. The number of phenolic OH excluding ortho intramolecular Hbond substituents is 1. The third kappa shape index (κ3) is 3.83. The molecule has 1 heterocycles. The number of hydrogen-bond donors (Lipinski definition) is 2. The van der Waals surface area contributed by atoms with Crippen LogP contribution in [0, 0.1) is 6.92 Å². The number of ether oxygens (including phenoxy) is 1. The number of phenols is 1. The van der Waals surface area contributed by atoms with Crippen molar-refractivity contribution in [2.75, 3.05) is 11.5 Å². The molecule has 1 fully saturated rings. The number of anilines is 1. The summed E-state index contributed by atoms with van der Waals surface area (Å²) in [6, 6.07) is 19.4. The molecule has 6 heteroatoms. The topological polar surface area (TPSA) is 87.1 Å². The van der Waals surface area contributed by atoms with Crippen LogP contribution in [0.5, 0.6) is 11.5 Å². The summed E-state index contributed by atoms with van der Waals surface area (Å²) in [4.78, 5) is 27.7. The largest absolute Gasteiger partial charge is 0.508 e. The van der Waals surface area contributed by atoms with E-state index in [0.29, 0.717) is 29.2 Å². The van der Waals surface area contributed by atoms with E-state index in [1.807, 2.05) is 19.9 Å². The minimum Gasteiger partial charge on any atom is -0.508 e. The van der Waals surface area contributed by atoms with Crippen molar-refractivity contribution < 1.29 is 24.5 Å². The Bertz CT molecular complexity index is 1230. The van der Waals surface area contributed by atoms with E-state index in [2.05, 4.69) is 0 Å². The highest BCUT2D eigenvalue weighted by atomic mass is 16.5. The van der Waals surface area contributed by atoms with Crippen molar-refractivity contribution in [2.24, 2.45) is 0 Å². The maximum absolute atomic E-state index is 13.2. The summed E-state index contributed by atoms with van der Waals surface area (Å²) in [5.74, 6) is -1.30. The molecule has 0 saturated carbocycles. The van der Waals surface area contributed by atoms with Gasteiger partial charge in [-0.1, -0.05) is 36.4 Å². The molecule has 0 spiro atoms. The Morgan fingerprint density at radius 3 is 2.47 bits per heavy atom. The van der Waals surface area contributed by atoms with Crippen LogP contribution >= 0.6 is 0 Å². The predicted molar refractivity (Wildman–Crippen MR) is 122 cm³/mol. The molecule has 0 aliphatic carbocycles. The zero-order valence-corrected chi connectivity index (χ0v) is 17.8. The molecule has 3 aromatic rings. The number of benzene rings is 3. The number of nitrogens with zero attached hydrogens (tertiary/aromatic N) is 1. The molecule has 1 amide bonds. The third-order valence-electron chi connectivity index (χ3n) is 5.33. The van der Waals surface area contributed by atoms with Gasteiger partial charge in [-0.25, -0.2) is 0 Å². The summed E-state index contributed by atoms with van der Waals surface area (Å²) >= 11 is 0. The normalized spacial score (nSPS) is 17.6. The Labute approximate surface area is 186 Å². The maximum Gasteiger partial charge on any atom is 0.300 e. The van der Waals surface area contributed by atoms with Gasteiger partial charge in [0.25, 0.3) is 11.7 Å². The van der Waals surface area contributed by atoms with E-state index in [4.69, 9.17) is 4.74 Å². The standard InChI is InChI=1S/C26H23NO5/c1-3-32-21-12-6-9-18(15-21)24(29)22-23(17-8-5-11-20(28)14-17)27(26(31)25(22)30)19-10-4-7-16(2)13-19/h4-15,23,28-29H,3H2,1-2H3/b24-22+. The van der Waals surface area contributed by atoms with E-state index in [9.17, 15) is 19.8 Å². The Hall–Kier alpha value is -4.06. The van der Waals surface area contributed by atoms with Crippen LogP contribution in [0.15, 0.2) is 78.4 Å². The van der Waals surface area contributed by atoms with Crippen LogP contribution in [0.4, 0.5) is 5.69 Å². The number of aryl methyl sites for hydroxylation is 1. The number of hydrogen-bond acceptors (Lipinski definition) is 5. The molecule has 0 aromatic heterocycles. The Morgan fingerprint density at radius 2 is 1.75 bits per heavy atom. The van der Waals surface area contributed by atoms with Crippen molar-refractivity contribution in [3.8, 4) is 11.5 Å². The van der Waals surface area contributed by atoms with Crippen LogP contribution < -0.4 is 9.64 Å². The molecule has 0 bridgehead atoms. The second-order valence-corrected chi connectivity index (χ2v) is 7.56. The Morgan fingerprint density at radius 1 is 1.00 bits per heavy atom. The number of amides is 1. The smallest absolute Gasteiger partial charge is 0.300 e. The van der Waals surface area contributed by atoms with Crippen molar-refractivity contribution >= 4 is 23.1 Å². The fraction of sp³-hybridized carbons (Fsp3) is 0.154. The van der Waals surface area contributed by atoms with E-state index < -0.39 is 17.7 Å². The summed E-state index contributed by atoms with van der Waals surface area (Å²) < 4.78 is 5.51. The van der Waals surface area contributed by atoms with E-state index in [1.54, 1.807) is 54.6 Å². The van der Waals surface area contributed by atoms with Gasteiger partial charge in [0.1, 0.15) is 17.3 Å². The van der Waals surface area contributed by atoms with Crippen LogP contribution in [0.3, 0.4) is 0 Å².